The van der Waals surface area contributed by atoms with Gasteiger partial charge in [-0.25, -0.2) is 14.8 Å². The fourth-order valence-electron chi connectivity index (χ4n) is 2.62. The van der Waals surface area contributed by atoms with Gasteiger partial charge in [-0.1, -0.05) is 25.1 Å². The number of nitrogens with one attached hydrogen (secondary N) is 2. The topological polar surface area (TPSA) is 129 Å². The van der Waals surface area contributed by atoms with Crippen LogP contribution in [-0.4, -0.2) is 31.8 Å². The molecule has 0 bridgehead atoms. The number of hydrogen-bond acceptors (Lipinski definition) is 6. The van der Waals surface area contributed by atoms with Gasteiger partial charge in [0.15, 0.2) is 0 Å². The van der Waals surface area contributed by atoms with Crippen molar-refractivity contribution in [3.05, 3.63) is 86.3 Å². The number of benzene rings is 1. The van der Waals surface area contributed by atoms with E-state index in [4.69, 9.17) is 0 Å². The molecule has 0 saturated heterocycles. The summed E-state index contributed by atoms with van der Waals surface area (Å²) >= 11 is 0. The van der Waals surface area contributed by atoms with Crippen LogP contribution in [0.2, 0.25) is 0 Å². The highest BCUT2D eigenvalue weighted by molar-refractivity contribution is 5.94. The van der Waals surface area contributed by atoms with Gasteiger partial charge in [0.05, 0.1) is 17.5 Å². The number of aromatic nitrogens is 3. The van der Waals surface area contributed by atoms with Gasteiger partial charge in [0.25, 0.3) is 11.5 Å². The number of rotatable bonds is 5. The van der Waals surface area contributed by atoms with E-state index in [0.717, 1.165) is 16.3 Å². The van der Waals surface area contributed by atoms with Crippen LogP contribution < -0.4 is 16.7 Å². The first-order chi connectivity index (χ1) is 13.5. The van der Waals surface area contributed by atoms with Crippen molar-refractivity contribution >= 4 is 12.1 Å². The van der Waals surface area contributed by atoms with Crippen LogP contribution in [0.25, 0.3) is 5.69 Å². The molecule has 0 saturated carbocycles. The van der Waals surface area contributed by atoms with E-state index < -0.39 is 23.0 Å². The van der Waals surface area contributed by atoms with Crippen LogP contribution >= 0.6 is 0 Å². The number of aromatic amines is 1. The van der Waals surface area contributed by atoms with Gasteiger partial charge < -0.3 is 5.11 Å². The van der Waals surface area contributed by atoms with Crippen molar-refractivity contribution in [1.82, 2.24) is 20.0 Å². The van der Waals surface area contributed by atoms with Crippen LogP contribution in [0.5, 0.6) is 5.88 Å². The number of carbonyl (C=O) groups excluding carboxylic acids is 1. The molecule has 0 fully saturated rings. The fourth-order valence-corrected chi connectivity index (χ4v) is 2.62. The molecule has 0 aliphatic rings. The average molecular weight is 379 g/mol. The molecule has 9 heteroatoms. The second kappa shape index (κ2) is 8.12. The highest BCUT2D eigenvalue weighted by Gasteiger charge is 2.16. The summed E-state index contributed by atoms with van der Waals surface area (Å²) in [5.74, 6) is -1.11. The molecule has 0 atom stereocenters. The summed E-state index contributed by atoms with van der Waals surface area (Å²) in [5, 5.41) is 14.2. The predicted octanol–water partition coefficient (Wildman–Crippen LogP) is 0.953. The Balaban J connectivity index is 1.97. The average Bonchev–Trinajstić information content (AvgIpc) is 2.71. The van der Waals surface area contributed by atoms with Crippen LogP contribution in [0.15, 0.2) is 63.5 Å². The molecule has 28 heavy (non-hydrogen) atoms. The number of hydrazone groups is 1. The number of amides is 1. The lowest BCUT2D eigenvalue weighted by atomic mass is 10.1. The molecule has 3 rings (SSSR count). The third-order valence-electron chi connectivity index (χ3n) is 4.02. The Morgan fingerprint density at radius 2 is 2.07 bits per heavy atom. The molecular weight excluding hydrogens is 362 g/mol. The number of para-hydroxylation sites is 1. The number of aryl methyl sites for hydroxylation is 1. The molecule has 9 nitrogen and oxygen atoms in total. The van der Waals surface area contributed by atoms with Crippen LogP contribution in [0.4, 0.5) is 0 Å². The van der Waals surface area contributed by atoms with Crippen molar-refractivity contribution < 1.29 is 9.90 Å². The van der Waals surface area contributed by atoms with E-state index in [9.17, 15) is 19.5 Å². The Morgan fingerprint density at radius 3 is 2.79 bits per heavy atom. The predicted molar refractivity (Wildman–Crippen MR) is 103 cm³/mol. The van der Waals surface area contributed by atoms with Crippen molar-refractivity contribution in [2.75, 3.05) is 0 Å². The monoisotopic (exact) mass is 379 g/mol. The van der Waals surface area contributed by atoms with E-state index in [1.54, 1.807) is 24.3 Å². The number of hydrogen-bond donors (Lipinski definition) is 3. The number of H-pyrrole nitrogens is 1. The van der Waals surface area contributed by atoms with Gasteiger partial charge >= 0.3 is 5.69 Å². The first-order valence-electron chi connectivity index (χ1n) is 8.43. The van der Waals surface area contributed by atoms with E-state index in [1.807, 2.05) is 19.1 Å². The number of carbonyl (C=O) groups is 1. The molecule has 2 heterocycles. The maximum Gasteiger partial charge on any atom is 0.335 e. The first kappa shape index (κ1) is 18.8. The lowest BCUT2D eigenvalue weighted by Gasteiger charge is -2.13. The smallest absolute Gasteiger partial charge is 0.335 e. The van der Waals surface area contributed by atoms with Crippen molar-refractivity contribution in [3.8, 4) is 11.6 Å². The summed E-state index contributed by atoms with van der Waals surface area (Å²) in [6.07, 6.45) is 4.48. The SMILES string of the molecule is CCc1ccccc1-n1c(O)c(C=NNC(=O)c2cccnc2)c(=O)[nH]c1=O. The molecule has 1 aromatic carbocycles. The highest BCUT2D eigenvalue weighted by Crippen LogP contribution is 2.19. The van der Waals surface area contributed by atoms with E-state index in [-0.39, 0.29) is 11.1 Å². The van der Waals surface area contributed by atoms with E-state index >= 15 is 0 Å². The van der Waals surface area contributed by atoms with Gasteiger partial charge in [-0.05, 0) is 30.2 Å². The lowest BCUT2D eigenvalue weighted by molar-refractivity contribution is 0.0954. The maximum atomic E-state index is 12.3. The highest BCUT2D eigenvalue weighted by atomic mass is 16.3. The molecule has 0 spiro atoms. The van der Waals surface area contributed by atoms with E-state index in [1.165, 1.54) is 12.4 Å². The molecule has 0 radical (unpaired) electrons. The standard InChI is InChI=1S/C19H17N5O4/c1-2-12-6-3-4-8-15(12)24-18(27)14(17(26)22-19(24)28)11-21-23-16(25)13-7-5-9-20-10-13/h3-11,27H,2H2,1H3,(H,23,25)(H,22,26,28). The third-order valence-corrected chi connectivity index (χ3v) is 4.02. The largest absolute Gasteiger partial charge is 0.493 e. The summed E-state index contributed by atoms with van der Waals surface area (Å²) in [5.41, 5.74) is 1.89. The molecule has 2 aromatic heterocycles. The number of pyridine rings is 1. The Labute approximate surface area is 159 Å². The van der Waals surface area contributed by atoms with Gasteiger partial charge in [0.1, 0.15) is 5.56 Å². The van der Waals surface area contributed by atoms with Gasteiger partial charge in [0.2, 0.25) is 5.88 Å². The zero-order valence-corrected chi connectivity index (χ0v) is 14.9. The van der Waals surface area contributed by atoms with Crippen LogP contribution in [0.1, 0.15) is 28.4 Å². The van der Waals surface area contributed by atoms with Gasteiger partial charge in [-0.3, -0.25) is 19.6 Å². The van der Waals surface area contributed by atoms with E-state index in [2.05, 4.69) is 20.5 Å². The van der Waals surface area contributed by atoms with Gasteiger partial charge in [0, 0.05) is 12.4 Å². The van der Waals surface area contributed by atoms with Crippen LogP contribution in [0.3, 0.4) is 0 Å². The molecular formula is C19H17N5O4. The normalized spacial score (nSPS) is 10.9. The van der Waals surface area contributed by atoms with Crippen LogP contribution in [0, 0.1) is 0 Å². The second-order valence-electron chi connectivity index (χ2n) is 5.76. The lowest BCUT2D eigenvalue weighted by Crippen LogP contribution is -2.32. The summed E-state index contributed by atoms with van der Waals surface area (Å²) in [6, 6.07) is 10.1. The Bertz CT molecular complexity index is 1150. The molecule has 142 valence electrons. The van der Waals surface area contributed by atoms with E-state index in [0.29, 0.717) is 12.1 Å². The second-order valence-corrected chi connectivity index (χ2v) is 5.76. The minimum atomic E-state index is -0.827. The van der Waals surface area contributed by atoms with Crippen LogP contribution in [-0.2, 0) is 6.42 Å². The summed E-state index contributed by atoms with van der Waals surface area (Å²) in [4.78, 5) is 42.3. The molecule has 0 unspecified atom stereocenters. The van der Waals surface area contributed by atoms with Crippen molar-refractivity contribution in [2.24, 2.45) is 5.10 Å². The van der Waals surface area contributed by atoms with Crippen molar-refractivity contribution in [2.45, 2.75) is 13.3 Å². The first-order valence-corrected chi connectivity index (χ1v) is 8.43. The molecule has 1 amide bonds. The molecule has 3 aromatic rings. The summed E-state index contributed by atoms with van der Waals surface area (Å²) in [7, 11) is 0. The third kappa shape index (κ3) is 3.73. The van der Waals surface area contributed by atoms with Gasteiger partial charge in [-0.2, -0.15) is 5.10 Å². The summed E-state index contributed by atoms with van der Waals surface area (Å²) in [6.45, 7) is 1.91. The Hall–Kier alpha value is -4.01. The number of aromatic hydroxyl groups is 1. The van der Waals surface area contributed by atoms with Crippen molar-refractivity contribution in [3.63, 3.8) is 0 Å². The quantitative estimate of drug-likeness (QED) is 0.449. The minimum Gasteiger partial charge on any atom is -0.493 e. The zero-order chi connectivity index (χ0) is 20.1. The molecule has 0 aliphatic heterocycles. The molecule has 3 N–H and O–H groups in total. The van der Waals surface area contributed by atoms with Gasteiger partial charge in [-0.15, -0.1) is 0 Å². The minimum absolute atomic E-state index is 0.267. The number of nitrogens with zero attached hydrogens (tertiary/aromatic N) is 3. The zero-order valence-electron chi connectivity index (χ0n) is 14.9. The Kier molecular flexibility index (Phi) is 5.45. The molecule has 0 aliphatic carbocycles. The maximum absolute atomic E-state index is 12.3. The fraction of sp³-hybridized carbons (Fsp3) is 0.105. The Morgan fingerprint density at radius 1 is 1.29 bits per heavy atom. The summed E-state index contributed by atoms with van der Waals surface area (Å²) < 4.78 is 0.991. The van der Waals surface area contributed by atoms with Crippen molar-refractivity contribution in [1.29, 1.82) is 0 Å².